The van der Waals surface area contributed by atoms with E-state index in [0.717, 1.165) is 25.7 Å². The van der Waals surface area contributed by atoms with E-state index in [1.807, 2.05) is 20.8 Å². The molecule has 0 aromatic carbocycles. The van der Waals surface area contributed by atoms with Crippen molar-refractivity contribution in [2.45, 2.75) is 71.8 Å². The van der Waals surface area contributed by atoms with Crippen LogP contribution in [0.15, 0.2) is 0 Å². The predicted octanol–water partition coefficient (Wildman–Crippen LogP) is 2.08. The summed E-state index contributed by atoms with van der Waals surface area (Å²) in [5.41, 5.74) is -0.482. The van der Waals surface area contributed by atoms with Crippen LogP contribution in [0.2, 0.25) is 0 Å². The van der Waals surface area contributed by atoms with Gasteiger partial charge in [0.2, 0.25) is 11.8 Å². The van der Waals surface area contributed by atoms with Gasteiger partial charge >= 0.3 is 5.97 Å². The number of nitrogens with one attached hydrogen (secondary N) is 2. The van der Waals surface area contributed by atoms with Crippen molar-refractivity contribution < 1.29 is 19.5 Å². The Hall–Kier alpha value is -1.59. The summed E-state index contributed by atoms with van der Waals surface area (Å²) in [5, 5.41) is 15.0. The third-order valence-electron chi connectivity index (χ3n) is 4.25. The minimum absolute atomic E-state index is 0.0975. The van der Waals surface area contributed by atoms with Gasteiger partial charge in [-0.2, -0.15) is 0 Å². The van der Waals surface area contributed by atoms with Crippen molar-refractivity contribution in [3.8, 4) is 0 Å². The topological polar surface area (TPSA) is 95.5 Å². The average Bonchev–Trinajstić information content (AvgIpc) is 2.40. The van der Waals surface area contributed by atoms with Gasteiger partial charge in [0.05, 0.1) is 5.92 Å². The fraction of sp³-hybridized carbons (Fsp3) is 0.824. The molecule has 2 amide bonds. The fourth-order valence-corrected chi connectivity index (χ4v) is 2.79. The summed E-state index contributed by atoms with van der Waals surface area (Å²) >= 11 is 0. The van der Waals surface area contributed by atoms with Gasteiger partial charge in [-0.1, -0.05) is 46.5 Å². The van der Waals surface area contributed by atoms with E-state index in [1.54, 1.807) is 0 Å². The van der Waals surface area contributed by atoms with Crippen molar-refractivity contribution >= 4 is 17.8 Å². The Morgan fingerprint density at radius 2 is 1.65 bits per heavy atom. The summed E-state index contributed by atoms with van der Waals surface area (Å²) in [5.74, 6) is -1.64. The molecule has 2 atom stereocenters. The molecule has 0 radical (unpaired) electrons. The first kappa shape index (κ1) is 19.5. The number of rotatable bonds is 5. The van der Waals surface area contributed by atoms with Crippen LogP contribution in [0.25, 0.3) is 0 Å². The predicted molar refractivity (Wildman–Crippen MR) is 87.8 cm³/mol. The van der Waals surface area contributed by atoms with E-state index in [-0.39, 0.29) is 30.8 Å². The number of carboxylic acids is 1. The molecule has 2 unspecified atom stereocenters. The zero-order valence-corrected chi connectivity index (χ0v) is 14.5. The van der Waals surface area contributed by atoms with E-state index in [0.29, 0.717) is 12.8 Å². The van der Waals surface area contributed by atoms with E-state index < -0.39 is 17.3 Å². The molecule has 0 saturated heterocycles. The highest BCUT2D eigenvalue weighted by Gasteiger charge is 2.29. The van der Waals surface area contributed by atoms with Gasteiger partial charge in [-0.25, -0.2) is 0 Å². The van der Waals surface area contributed by atoms with E-state index >= 15 is 0 Å². The Bertz CT molecular complexity index is 429. The van der Waals surface area contributed by atoms with Gasteiger partial charge in [0.1, 0.15) is 0 Å². The lowest BCUT2D eigenvalue weighted by Gasteiger charge is -2.27. The van der Waals surface area contributed by atoms with Gasteiger partial charge < -0.3 is 15.7 Å². The van der Waals surface area contributed by atoms with Gasteiger partial charge in [0, 0.05) is 24.4 Å². The van der Waals surface area contributed by atoms with Crippen LogP contribution in [-0.4, -0.2) is 35.5 Å². The molecule has 0 bridgehead atoms. The van der Waals surface area contributed by atoms with Crippen LogP contribution < -0.4 is 10.6 Å². The number of aliphatic carboxylic acids is 1. The van der Waals surface area contributed by atoms with Crippen LogP contribution in [0.3, 0.4) is 0 Å². The largest absolute Gasteiger partial charge is 0.481 e. The second-order valence-corrected chi connectivity index (χ2v) is 7.37. The van der Waals surface area contributed by atoms with Crippen molar-refractivity contribution in [1.29, 1.82) is 0 Å². The minimum atomic E-state index is -0.835. The van der Waals surface area contributed by atoms with Gasteiger partial charge in [-0.05, 0) is 12.8 Å². The van der Waals surface area contributed by atoms with Crippen molar-refractivity contribution in [2.75, 3.05) is 6.54 Å². The fourth-order valence-electron chi connectivity index (χ4n) is 2.79. The molecular formula is C17H30N2O4. The van der Waals surface area contributed by atoms with Gasteiger partial charge in [0.25, 0.3) is 0 Å². The molecule has 3 N–H and O–H groups in total. The Balaban J connectivity index is 2.46. The van der Waals surface area contributed by atoms with Crippen molar-refractivity contribution in [3.63, 3.8) is 0 Å². The quantitative estimate of drug-likeness (QED) is 0.721. The second kappa shape index (κ2) is 8.89. The maximum Gasteiger partial charge on any atom is 0.308 e. The number of carbonyl (C=O) groups is 3. The molecule has 0 spiro atoms. The van der Waals surface area contributed by atoms with E-state index in [9.17, 15) is 19.5 Å². The lowest BCUT2D eigenvalue weighted by molar-refractivity contribution is -0.143. The zero-order valence-electron chi connectivity index (χ0n) is 14.5. The van der Waals surface area contributed by atoms with E-state index in [1.165, 1.54) is 0 Å². The summed E-state index contributed by atoms with van der Waals surface area (Å²) in [6, 6.07) is -0.307. The van der Waals surface area contributed by atoms with Crippen LogP contribution in [0.1, 0.15) is 65.7 Å². The number of hydrogen-bond donors (Lipinski definition) is 3. The first-order valence-electron chi connectivity index (χ1n) is 8.52. The van der Waals surface area contributed by atoms with Crippen LogP contribution in [-0.2, 0) is 14.4 Å². The van der Waals surface area contributed by atoms with Gasteiger partial charge in [-0.3, -0.25) is 14.4 Å². The molecule has 23 heavy (non-hydrogen) atoms. The zero-order chi connectivity index (χ0) is 17.5. The van der Waals surface area contributed by atoms with Crippen LogP contribution in [0.5, 0.6) is 0 Å². The van der Waals surface area contributed by atoms with Crippen LogP contribution in [0.4, 0.5) is 0 Å². The van der Waals surface area contributed by atoms with Gasteiger partial charge in [0.15, 0.2) is 0 Å². The number of hydrogen-bond acceptors (Lipinski definition) is 3. The molecule has 6 heteroatoms. The molecular weight excluding hydrogens is 296 g/mol. The highest BCUT2D eigenvalue weighted by atomic mass is 16.4. The molecule has 1 aliphatic rings. The highest BCUT2D eigenvalue weighted by Crippen LogP contribution is 2.23. The third kappa shape index (κ3) is 7.01. The average molecular weight is 326 g/mol. The van der Waals surface area contributed by atoms with E-state index in [4.69, 9.17) is 0 Å². The van der Waals surface area contributed by atoms with Crippen LogP contribution >= 0.6 is 0 Å². The molecule has 0 heterocycles. The SMILES string of the molecule is CC(C)(C)C(=O)NCCC(=O)NC1CCCCCCC1C(=O)O. The summed E-state index contributed by atoms with van der Waals surface area (Å²) in [7, 11) is 0. The molecule has 132 valence electrons. The van der Waals surface area contributed by atoms with Crippen molar-refractivity contribution in [3.05, 3.63) is 0 Å². The smallest absolute Gasteiger partial charge is 0.308 e. The Labute approximate surface area is 138 Å². The monoisotopic (exact) mass is 326 g/mol. The molecule has 1 aliphatic carbocycles. The van der Waals surface area contributed by atoms with Crippen molar-refractivity contribution in [1.82, 2.24) is 10.6 Å². The summed E-state index contributed by atoms with van der Waals surface area (Å²) in [6.07, 6.45) is 5.47. The molecule has 6 nitrogen and oxygen atoms in total. The highest BCUT2D eigenvalue weighted by molar-refractivity contribution is 5.82. The molecule has 0 aromatic heterocycles. The first-order chi connectivity index (χ1) is 10.7. The number of carboxylic acid groups (broad SMARTS) is 1. The molecule has 1 fully saturated rings. The van der Waals surface area contributed by atoms with Crippen molar-refractivity contribution in [2.24, 2.45) is 11.3 Å². The summed E-state index contributed by atoms with van der Waals surface area (Å²) in [6.45, 7) is 5.71. The Morgan fingerprint density at radius 3 is 2.22 bits per heavy atom. The van der Waals surface area contributed by atoms with Gasteiger partial charge in [-0.15, -0.1) is 0 Å². The van der Waals surface area contributed by atoms with Crippen LogP contribution in [0, 0.1) is 11.3 Å². The number of amides is 2. The lowest BCUT2D eigenvalue weighted by atomic mass is 9.86. The normalized spacial score (nSPS) is 22.6. The molecule has 1 saturated carbocycles. The maximum absolute atomic E-state index is 12.1. The number of carbonyl (C=O) groups excluding carboxylic acids is 2. The third-order valence-corrected chi connectivity index (χ3v) is 4.25. The molecule has 0 aliphatic heterocycles. The minimum Gasteiger partial charge on any atom is -0.481 e. The standard InChI is InChI=1S/C17H30N2O4/c1-17(2,3)16(23)18-11-10-14(20)19-13-9-7-5-4-6-8-12(13)15(21)22/h12-13H,4-11H2,1-3H3,(H,18,23)(H,19,20)(H,21,22). The Kier molecular flexibility index (Phi) is 7.52. The summed E-state index contributed by atoms with van der Waals surface area (Å²) < 4.78 is 0. The second-order valence-electron chi connectivity index (χ2n) is 7.37. The molecule has 1 rings (SSSR count). The summed E-state index contributed by atoms with van der Waals surface area (Å²) in [4.78, 5) is 35.2. The first-order valence-corrected chi connectivity index (χ1v) is 8.52. The Morgan fingerprint density at radius 1 is 1.04 bits per heavy atom. The maximum atomic E-state index is 12.1. The lowest BCUT2D eigenvalue weighted by Crippen LogP contribution is -2.45. The molecule has 0 aromatic rings. The van der Waals surface area contributed by atoms with E-state index in [2.05, 4.69) is 10.6 Å².